The summed E-state index contributed by atoms with van der Waals surface area (Å²) in [6.07, 6.45) is 1.29. The van der Waals surface area contributed by atoms with Crippen molar-refractivity contribution in [3.05, 3.63) is 44.4 Å². The third-order valence-electron chi connectivity index (χ3n) is 3.71. The lowest BCUT2D eigenvalue weighted by Gasteiger charge is -2.28. The van der Waals surface area contributed by atoms with Crippen molar-refractivity contribution >= 4 is 38.9 Å². The third kappa shape index (κ3) is 1.81. The SMILES string of the molecule is C=Cc1c(F)c(Br)c2c3c1cc(C(=O)O)c(=O)n3[C@@H](C)CO2. The standard InChI is InChI=1S/C15H11BrFNO4/c1-3-7-8-4-9(15(20)21)14(19)18-6(2)5-22-13(12(8)18)10(16)11(7)17/h3-4,6H,1,5H2,2H3,(H,20,21)/t6-/m0/s1. The smallest absolute Gasteiger partial charge is 0.341 e. The lowest BCUT2D eigenvalue weighted by molar-refractivity contribution is 0.0694. The van der Waals surface area contributed by atoms with Gasteiger partial charge in [0, 0.05) is 10.9 Å². The Labute approximate surface area is 132 Å². The molecule has 0 unspecified atom stereocenters. The number of pyridine rings is 1. The van der Waals surface area contributed by atoms with E-state index in [0.29, 0.717) is 5.52 Å². The van der Waals surface area contributed by atoms with Crippen LogP contribution in [0.2, 0.25) is 0 Å². The van der Waals surface area contributed by atoms with E-state index in [4.69, 9.17) is 4.74 Å². The van der Waals surface area contributed by atoms with Crippen LogP contribution in [0.5, 0.6) is 5.75 Å². The van der Waals surface area contributed by atoms with Gasteiger partial charge in [0.2, 0.25) is 0 Å². The highest BCUT2D eigenvalue weighted by molar-refractivity contribution is 9.10. The first-order valence-electron chi connectivity index (χ1n) is 6.47. The number of hydrogen-bond acceptors (Lipinski definition) is 3. The zero-order chi connectivity index (χ0) is 16.2. The first kappa shape index (κ1) is 14.8. The van der Waals surface area contributed by atoms with Crippen LogP contribution in [-0.2, 0) is 0 Å². The van der Waals surface area contributed by atoms with Gasteiger partial charge in [0.25, 0.3) is 5.56 Å². The first-order chi connectivity index (χ1) is 10.4. The quantitative estimate of drug-likeness (QED) is 0.884. The Balaban J connectivity index is 2.66. The van der Waals surface area contributed by atoms with Gasteiger partial charge in [0.05, 0.1) is 16.0 Å². The van der Waals surface area contributed by atoms with Crippen molar-refractivity contribution in [2.75, 3.05) is 6.61 Å². The minimum Gasteiger partial charge on any atom is -0.488 e. The van der Waals surface area contributed by atoms with Crippen LogP contribution in [0.1, 0.15) is 28.9 Å². The van der Waals surface area contributed by atoms with Crippen molar-refractivity contribution in [3.63, 3.8) is 0 Å². The number of ether oxygens (including phenoxy) is 1. The molecule has 1 aromatic carbocycles. The molecule has 1 aliphatic rings. The van der Waals surface area contributed by atoms with E-state index in [9.17, 15) is 19.1 Å². The van der Waals surface area contributed by atoms with Crippen LogP contribution in [0.25, 0.3) is 17.0 Å². The number of aromatic nitrogens is 1. The molecule has 1 N–H and O–H groups in total. The van der Waals surface area contributed by atoms with Gasteiger partial charge in [-0.05, 0) is 28.9 Å². The topological polar surface area (TPSA) is 68.5 Å². The van der Waals surface area contributed by atoms with Gasteiger partial charge in [0.15, 0.2) is 5.75 Å². The Morgan fingerprint density at radius 2 is 2.32 bits per heavy atom. The van der Waals surface area contributed by atoms with Crippen molar-refractivity contribution in [2.45, 2.75) is 13.0 Å². The Hall–Kier alpha value is -2.15. The summed E-state index contributed by atoms with van der Waals surface area (Å²) in [5.41, 5.74) is -0.543. The molecule has 1 aromatic heterocycles. The minimum atomic E-state index is -1.35. The van der Waals surface area contributed by atoms with Gasteiger partial charge in [-0.15, -0.1) is 0 Å². The van der Waals surface area contributed by atoms with Crippen LogP contribution in [0.3, 0.4) is 0 Å². The normalized spacial score (nSPS) is 16.4. The molecule has 3 rings (SSSR count). The zero-order valence-corrected chi connectivity index (χ0v) is 13.1. The fourth-order valence-electron chi connectivity index (χ4n) is 2.70. The van der Waals surface area contributed by atoms with Gasteiger partial charge in [-0.1, -0.05) is 12.7 Å². The van der Waals surface area contributed by atoms with Crippen molar-refractivity contribution in [1.29, 1.82) is 0 Å². The van der Waals surface area contributed by atoms with E-state index in [0.717, 1.165) is 0 Å². The highest BCUT2D eigenvalue weighted by atomic mass is 79.9. The minimum absolute atomic E-state index is 0.0954. The van der Waals surface area contributed by atoms with E-state index in [1.54, 1.807) is 6.92 Å². The summed E-state index contributed by atoms with van der Waals surface area (Å²) in [5.74, 6) is -1.76. The summed E-state index contributed by atoms with van der Waals surface area (Å²) < 4.78 is 21.4. The Bertz CT molecular complexity index is 903. The van der Waals surface area contributed by atoms with Crippen LogP contribution < -0.4 is 10.3 Å². The van der Waals surface area contributed by atoms with E-state index in [2.05, 4.69) is 22.5 Å². The summed E-state index contributed by atoms with van der Waals surface area (Å²) >= 11 is 3.13. The van der Waals surface area contributed by atoms with Gasteiger partial charge >= 0.3 is 5.97 Å². The second kappa shape index (κ2) is 4.95. The van der Waals surface area contributed by atoms with E-state index in [1.807, 2.05) is 0 Å². The Morgan fingerprint density at radius 3 is 2.91 bits per heavy atom. The second-order valence-electron chi connectivity index (χ2n) is 5.04. The van der Waals surface area contributed by atoms with Gasteiger partial charge in [0.1, 0.15) is 18.0 Å². The van der Waals surface area contributed by atoms with Crippen molar-refractivity contribution < 1.29 is 19.0 Å². The van der Waals surface area contributed by atoms with Crippen molar-refractivity contribution in [2.24, 2.45) is 0 Å². The number of benzene rings is 1. The molecule has 114 valence electrons. The lowest BCUT2D eigenvalue weighted by Crippen LogP contribution is -2.34. The van der Waals surface area contributed by atoms with Crippen LogP contribution in [0.4, 0.5) is 4.39 Å². The maximum Gasteiger partial charge on any atom is 0.341 e. The molecule has 0 saturated heterocycles. The van der Waals surface area contributed by atoms with Crippen LogP contribution >= 0.6 is 15.9 Å². The van der Waals surface area contributed by atoms with Crippen molar-refractivity contribution in [3.8, 4) is 5.75 Å². The van der Waals surface area contributed by atoms with Gasteiger partial charge in [-0.2, -0.15) is 0 Å². The summed E-state index contributed by atoms with van der Waals surface area (Å²) in [7, 11) is 0. The van der Waals surface area contributed by atoms with E-state index in [-0.39, 0.29) is 33.8 Å². The number of halogens is 2. The molecule has 0 aliphatic carbocycles. The molecule has 0 spiro atoms. The average molecular weight is 368 g/mol. The monoisotopic (exact) mass is 367 g/mol. The molecular formula is C15H11BrFNO4. The van der Waals surface area contributed by atoms with Crippen LogP contribution in [0, 0.1) is 5.82 Å². The summed E-state index contributed by atoms with van der Waals surface area (Å²) in [5, 5.41) is 9.52. The molecule has 22 heavy (non-hydrogen) atoms. The molecule has 2 aromatic rings. The fourth-order valence-corrected chi connectivity index (χ4v) is 3.21. The van der Waals surface area contributed by atoms with E-state index >= 15 is 0 Å². The van der Waals surface area contributed by atoms with Gasteiger partial charge < -0.3 is 9.84 Å². The number of carboxylic acid groups (broad SMARTS) is 1. The van der Waals surface area contributed by atoms with E-state index < -0.39 is 22.9 Å². The molecule has 7 heteroatoms. The number of aromatic carboxylic acids is 1. The first-order valence-corrected chi connectivity index (χ1v) is 7.26. The molecule has 1 atom stereocenters. The zero-order valence-electron chi connectivity index (χ0n) is 11.5. The van der Waals surface area contributed by atoms with Crippen molar-refractivity contribution in [1.82, 2.24) is 4.57 Å². The molecule has 0 bridgehead atoms. The maximum absolute atomic E-state index is 14.4. The maximum atomic E-state index is 14.4. The molecule has 5 nitrogen and oxygen atoms in total. The van der Waals surface area contributed by atoms with Crippen LogP contribution in [-0.4, -0.2) is 22.2 Å². The lowest BCUT2D eigenvalue weighted by atomic mass is 10.0. The van der Waals surface area contributed by atoms with E-state index in [1.165, 1.54) is 16.7 Å². The molecule has 0 amide bonds. The number of nitrogens with zero attached hydrogens (tertiary/aromatic N) is 1. The number of carboxylic acids is 1. The predicted octanol–water partition coefficient (Wildman–Crippen LogP) is 3.20. The number of hydrogen-bond donors (Lipinski definition) is 1. The van der Waals surface area contributed by atoms with Gasteiger partial charge in [-0.25, -0.2) is 9.18 Å². The molecule has 0 radical (unpaired) electrons. The molecule has 0 fully saturated rings. The number of carbonyl (C=O) groups is 1. The fraction of sp³-hybridized carbons (Fsp3) is 0.200. The summed E-state index contributed by atoms with van der Waals surface area (Å²) in [6.45, 7) is 5.45. The molecule has 2 heterocycles. The number of rotatable bonds is 2. The second-order valence-corrected chi connectivity index (χ2v) is 5.83. The van der Waals surface area contributed by atoms with Crippen LogP contribution in [0.15, 0.2) is 21.9 Å². The molecular weight excluding hydrogens is 357 g/mol. The molecule has 0 saturated carbocycles. The highest BCUT2D eigenvalue weighted by Gasteiger charge is 2.29. The predicted molar refractivity (Wildman–Crippen MR) is 83.1 cm³/mol. The highest BCUT2D eigenvalue weighted by Crippen LogP contribution is 2.42. The largest absolute Gasteiger partial charge is 0.488 e. The molecule has 1 aliphatic heterocycles. The third-order valence-corrected chi connectivity index (χ3v) is 4.42. The Kier molecular flexibility index (Phi) is 3.32. The summed E-state index contributed by atoms with van der Waals surface area (Å²) in [4.78, 5) is 23.8. The van der Waals surface area contributed by atoms with Gasteiger partial charge in [-0.3, -0.25) is 9.36 Å². The summed E-state index contributed by atoms with van der Waals surface area (Å²) in [6, 6.07) is 0.810. The average Bonchev–Trinajstić information content (AvgIpc) is 2.47. The Morgan fingerprint density at radius 1 is 1.64 bits per heavy atom.